The van der Waals surface area contributed by atoms with E-state index < -0.39 is 28.4 Å². The van der Waals surface area contributed by atoms with Gasteiger partial charge in [0, 0.05) is 14.1 Å². The molecule has 2 N–H and O–H groups in total. The molecule has 0 radical (unpaired) electrons. The summed E-state index contributed by atoms with van der Waals surface area (Å²) in [5.41, 5.74) is 4.29. The number of aromatic nitrogens is 4. The molecule has 0 fully saturated rings. The zero-order valence-corrected chi connectivity index (χ0v) is 14.4. The molecule has 0 spiro atoms. The first-order valence-corrected chi connectivity index (χ1v) is 7.76. The maximum Gasteiger partial charge on any atom is 0.332 e. The highest BCUT2D eigenvalue weighted by Gasteiger charge is 2.24. The van der Waals surface area contributed by atoms with Gasteiger partial charge in [0.25, 0.3) is 5.56 Å². The van der Waals surface area contributed by atoms with E-state index in [2.05, 4.69) is 9.72 Å². The average molecular weight is 355 g/mol. The van der Waals surface area contributed by atoms with Crippen molar-refractivity contribution >= 4 is 34.8 Å². The van der Waals surface area contributed by atoms with E-state index in [9.17, 15) is 19.2 Å². The van der Waals surface area contributed by atoms with Crippen LogP contribution in [0, 0.1) is 0 Å². The highest BCUT2D eigenvalue weighted by atomic mass is 32.2. The number of fused-ring (bicyclic) bond motifs is 1. The van der Waals surface area contributed by atoms with Crippen LogP contribution >= 0.6 is 11.8 Å². The maximum atomic E-state index is 12.4. The summed E-state index contributed by atoms with van der Waals surface area (Å²) in [7, 11) is 4.05. The Kier molecular flexibility index (Phi) is 4.83. The van der Waals surface area contributed by atoms with Crippen molar-refractivity contribution in [2.24, 2.45) is 19.8 Å². The predicted octanol–water partition coefficient (Wildman–Crippen LogP) is -1.43. The van der Waals surface area contributed by atoms with Crippen molar-refractivity contribution in [1.82, 2.24) is 18.7 Å². The van der Waals surface area contributed by atoms with Crippen LogP contribution in [0.15, 0.2) is 14.7 Å². The molecule has 0 aliphatic carbocycles. The lowest BCUT2D eigenvalue weighted by molar-refractivity contribution is -0.139. The number of carbonyl (C=O) groups is 2. The summed E-state index contributed by atoms with van der Waals surface area (Å²) in [5, 5.41) is -0.403. The van der Waals surface area contributed by atoms with Crippen molar-refractivity contribution in [2.45, 2.75) is 23.9 Å². The SMILES string of the molecule is COC(=O)C(C)Sc1nc2c(c(=O)n(C)c(=O)n2C)n1CC(N)=O. The van der Waals surface area contributed by atoms with E-state index in [0.29, 0.717) is 0 Å². The number of esters is 1. The molecule has 10 nitrogen and oxygen atoms in total. The third kappa shape index (κ3) is 2.94. The van der Waals surface area contributed by atoms with Gasteiger partial charge in [0.05, 0.1) is 7.11 Å². The lowest BCUT2D eigenvalue weighted by atomic mass is 10.5. The van der Waals surface area contributed by atoms with Crippen molar-refractivity contribution in [3.8, 4) is 0 Å². The Hall–Kier alpha value is -2.56. The largest absolute Gasteiger partial charge is 0.468 e. The van der Waals surface area contributed by atoms with Gasteiger partial charge < -0.3 is 15.0 Å². The van der Waals surface area contributed by atoms with Crippen LogP contribution in [0.1, 0.15) is 6.92 Å². The summed E-state index contributed by atoms with van der Waals surface area (Å²) >= 11 is 1.01. The number of methoxy groups -OCH3 is 1. The fraction of sp³-hybridized carbons (Fsp3) is 0.462. The first kappa shape index (κ1) is 17.8. The monoisotopic (exact) mass is 355 g/mol. The molecule has 2 rings (SSSR count). The van der Waals surface area contributed by atoms with E-state index in [-0.39, 0.29) is 22.9 Å². The molecule has 0 saturated carbocycles. The van der Waals surface area contributed by atoms with Crippen molar-refractivity contribution in [3.05, 3.63) is 20.8 Å². The summed E-state index contributed by atoms with van der Waals surface area (Å²) in [6, 6.07) is 0. The van der Waals surface area contributed by atoms with Crippen LogP contribution in [0.2, 0.25) is 0 Å². The number of nitrogens with two attached hydrogens (primary N) is 1. The van der Waals surface area contributed by atoms with Crippen LogP contribution < -0.4 is 17.0 Å². The van der Waals surface area contributed by atoms with Gasteiger partial charge in [-0.2, -0.15) is 0 Å². The van der Waals surface area contributed by atoms with Gasteiger partial charge in [-0.25, -0.2) is 9.78 Å². The predicted molar refractivity (Wildman–Crippen MR) is 86.7 cm³/mol. The smallest absolute Gasteiger partial charge is 0.332 e. The molecule has 0 aliphatic heterocycles. The number of hydrogen-bond acceptors (Lipinski definition) is 7. The van der Waals surface area contributed by atoms with E-state index in [1.807, 2.05) is 0 Å². The minimum Gasteiger partial charge on any atom is -0.468 e. The number of ether oxygens (including phenoxy) is 1. The molecule has 1 atom stereocenters. The Bertz CT molecular complexity index is 941. The Morgan fingerprint density at radius 3 is 2.46 bits per heavy atom. The maximum absolute atomic E-state index is 12.4. The average Bonchev–Trinajstić information content (AvgIpc) is 2.87. The number of nitrogens with zero attached hydrogens (tertiary/aromatic N) is 4. The third-order valence-corrected chi connectivity index (χ3v) is 4.51. The van der Waals surface area contributed by atoms with E-state index in [1.54, 1.807) is 6.92 Å². The van der Waals surface area contributed by atoms with Gasteiger partial charge in [-0.3, -0.25) is 23.5 Å². The van der Waals surface area contributed by atoms with Gasteiger partial charge in [-0.05, 0) is 6.92 Å². The van der Waals surface area contributed by atoms with Gasteiger partial charge in [0.2, 0.25) is 5.91 Å². The zero-order chi connectivity index (χ0) is 18.2. The van der Waals surface area contributed by atoms with Crippen LogP contribution in [-0.4, -0.2) is 42.9 Å². The zero-order valence-electron chi connectivity index (χ0n) is 13.6. The Morgan fingerprint density at radius 2 is 1.92 bits per heavy atom. The second kappa shape index (κ2) is 6.51. The number of primary amides is 1. The molecular formula is C13H17N5O5S. The molecule has 2 aromatic rings. The van der Waals surface area contributed by atoms with E-state index in [4.69, 9.17) is 5.73 Å². The topological polar surface area (TPSA) is 131 Å². The minimum atomic E-state index is -0.683. The summed E-state index contributed by atoms with van der Waals surface area (Å²) in [5.74, 6) is -1.17. The number of thioether (sulfide) groups is 1. The minimum absolute atomic E-state index is 0.0676. The molecule has 11 heteroatoms. The standard InChI is InChI=1S/C13H17N5O5S/c1-6(11(21)23-4)24-12-15-9-8(18(12)5-7(14)19)10(20)17(3)13(22)16(9)2/h6H,5H2,1-4H3,(H2,14,19). The van der Waals surface area contributed by atoms with E-state index in [1.165, 1.54) is 30.3 Å². The quantitative estimate of drug-likeness (QED) is 0.514. The number of rotatable bonds is 5. The molecule has 0 bridgehead atoms. The fourth-order valence-electron chi connectivity index (χ4n) is 2.19. The molecule has 0 aliphatic rings. The number of carbonyl (C=O) groups excluding carboxylic acids is 2. The highest BCUT2D eigenvalue weighted by Crippen LogP contribution is 2.26. The van der Waals surface area contributed by atoms with Crippen LogP contribution in [0.3, 0.4) is 0 Å². The molecule has 24 heavy (non-hydrogen) atoms. The molecule has 1 unspecified atom stereocenters. The highest BCUT2D eigenvalue weighted by molar-refractivity contribution is 8.00. The molecule has 1 amide bonds. The van der Waals surface area contributed by atoms with Gasteiger partial charge in [-0.1, -0.05) is 11.8 Å². The van der Waals surface area contributed by atoms with Crippen LogP contribution in [0.25, 0.3) is 11.2 Å². The second-order valence-corrected chi connectivity index (χ2v) is 6.42. The summed E-state index contributed by atoms with van der Waals surface area (Å²) in [4.78, 5) is 51.7. The Labute approximate surface area is 140 Å². The van der Waals surface area contributed by atoms with E-state index in [0.717, 1.165) is 16.3 Å². The molecule has 130 valence electrons. The Balaban J connectivity index is 2.76. The second-order valence-electron chi connectivity index (χ2n) is 5.11. The van der Waals surface area contributed by atoms with Crippen LogP contribution in [0.4, 0.5) is 0 Å². The van der Waals surface area contributed by atoms with Gasteiger partial charge in [-0.15, -0.1) is 0 Å². The summed E-state index contributed by atoms with van der Waals surface area (Å²) < 4.78 is 8.08. The first-order valence-electron chi connectivity index (χ1n) is 6.88. The van der Waals surface area contributed by atoms with Crippen LogP contribution in [0.5, 0.6) is 0 Å². The normalized spacial score (nSPS) is 12.3. The number of aryl methyl sites for hydroxylation is 1. The van der Waals surface area contributed by atoms with Crippen molar-refractivity contribution in [1.29, 1.82) is 0 Å². The van der Waals surface area contributed by atoms with Crippen LogP contribution in [-0.2, 0) is 35.0 Å². The van der Waals surface area contributed by atoms with Gasteiger partial charge in [0.1, 0.15) is 11.8 Å². The molecular weight excluding hydrogens is 338 g/mol. The van der Waals surface area contributed by atoms with Crippen molar-refractivity contribution < 1.29 is 14.3 Å². The van der Waals surface area contributed by atoms with E-state index >= 15 is 0 Å². The van der Waals surface area contributed by atoms with Crippen molar-refractivity contribution in [2.75, 3.05) is 7.11 Å². The number of imidazole rings is 1. The first-order chi connectivity index (χ1) is 11.2. The molecule has 2 heterocycles. The van der Waals surface area contributed by atoms with Gasteiger partial charge >= 0.3 is 11.7 Å². The number of hydrogen-bond donors (Lipinski definition) is 1. The summed E-state index contributed by atoms with van der Waals surface area (Å²) in [6.45, 7) is 1.29. The van der Waals surface area contributed by atoms with Crippen molar-refractivity contribution in [3.63, 3.8) is 0 Å². The molecule has 2 aromatic heterocycles. The molecule has 0 aromatic carbocycles. The summed E-state index contributed by atoms with van der Waals surface area (Å²) in [6.07, 6.45) is 0. The fourth-order valence-corrected chi connectivity index (χ4v) is 3.12. The third-order valence-electron chi connectivity index (χ3n) is 3.44. The lowest BCUT2D eigenvalue weighted by Crippen LogP contribution is -2.38. The number of amides is 1. The van der Waals surface area contributed by atoms with Gasteiger partial charge in [0.15, 0.2) is 16.3 Å². The molecule has 0 saturated heterocycles. The Morgan fingerprint density at radius 1 is 1.29 bits per heavy atom. The lowest BCUT2D eigenvalue weighted by Gasteiger charge is -2.10.